The molecule has 0 aliphatic carbocycles. The second kappa shape index (κ2) is 7.93. The Kier molecular flexibility index (Phi) is 5.54. The van der Waals surface area contributed by atoms with Crippen molar-refractivity contribution >= 4 is 41.4 Å². The lowest BCUT2D eigenvalue weighted by Gasteiger charge is -2.38. The Balaban J connectivity index is 2.03. The van der Waals surface area contributed by atoms with Crippen molar-refractivity contribution in [3.8, 4) is 5.69 Å². The third kappa shape index (κ3) is 3.27. The molecule has 1 aliphatic heterocycles. The molecule has 0 bridgehead atoms. The number of halogens is 2. The fourth-order valence-corrected chi connectivity index (χ4v) is 7.16. The molecule has 0 amide bonds. The number of benzene rings is 2. The van der Waals surface area contributed by atoms with Crippen molar-refractivity contribution < 1.29 is 9.18 Å². The first-order valence-corrected chi connectivity index (χ1v) is 11.2. The first kappa shape index (κ1) is 19.6. The number of hydrogen-bond acceptors (Lipinski definition) is 4. The molecule has 2 heterocycles. The molecule has 3 aromatic rings. The summed E-state index contributed by atoms with van der Waals surface area (Å²) < 4.78 is 16.1. The molecule has 0 N–H and O–H groups in total. The number of aryl methyl sites for hydroxylation is 1. The Labute approximate surface area is 176 Å². The third-order valence-corrected chi connectivity index (χ3v) is 8.39. The number of hydrogen-bond donors (Lipinski definition) is 0. The van der Waals surface area contributed by atoms with Crippen LogP contribution in [0.25, 0.3) is 5.69 Å². The molecule has 4 rings (SSSR count). The lowest BCUT2D eigenvalue weighted by atomic mass is 10.0. The lowest BCUT2D eigenvalue weighted by molar-refractivity contribution is 0.111. The highest BCUT2D eigenvalue weighted by molar-refractivity contribution is 8.18. The zero-order valence-corrected chi connectivity index (χ0v) is 17.6. The fraction of sp³-hybridized carbons (Fsp3) is 0.238. The predicted octanol–water partition coefficient (Wildman–Crippen LogP) is 5.86. The average molecular weight is 433 g/mol. The number of carbonyl (C=O) groups is 1. The van der Waals surface area contributed by atoms with Crippen molar-refractivity contribution in [1.82, 2.24) is 9.55 Å². The highest BCUT2D eigenvalue weighted by Gasteiger charge is 2.42. The van der Waals surface area contributed by atoms with E-state index in [2.05, 4.69) is 4.98 Å². The average Bonchev–Trinajstić information content (AvgIpc) is 3.09. The zero-order chi connectivity index (χ0) is 19.7. The van der Waals surface area contributed by atoms with Gasteiger partial charge in [-0.3, -0.25) is 9.36 Å². The predicted molar refractivity (Wildman–Crippen MR) is 115 cm³/mol. The Morgan fingerprint density at radius 1 is 1.18 bits per heavy atom. The van der Waals surface area contributed by atoms with E-state index in [0.29, 0.717) is 22.1 Å². The van der Waals surface area contributed by atoms with Gasteiger partial charge in [-0.25, -0.2) is 9.37 Å². The molecule has 2 aromatic carbocycles. The number of imidazole rings is 1. The van der Waals surface area contributed by atoms with Gasteiger partial charge >= 0.3 is 0 Å². The Morgan fingerprint density at radius 3 is 2.64 bits per heavy atom. The quantitative estimate of drug-likeness (QED) is 0.484. The van der Waals surface area contributed by atoms with Crippen LogP contribution < -0.4 is 0 Å². The number of aldehydes is 1. The topological polar surface area (TPSA) is 34.9 Å². The lowest BCUT2D eigenvalue weighted by Crippen LogP contribution is -2.27. The maximum absolute atomic E-state index is 15.0. The summed E-state index contributed by atoms with van der Waals surface area (Å²) in [5, 5.41) is 0.576. The molecule has 144 valence electrons. The van der Waals surface area contributed by atoms with Gasteiger partial charge in [0.05, 0.1) is 11.9 Å². The highest BCUT2D eigenvalue weighted by atomic mass is 35.5. The summed E-state index contributed by atoms with van der Waals surface area (Å²) in [5.41, 5.74) is 2.75. The Hall–Kier alpha value is -1.76. The molecule has 28 heavy (non-hydrogen) atoms. The van der Waals surface area contributed by atoms with Crippen molar-refractivity contribution in [2.45, 2.75) is 17.4 Å². The van der Waals surface area contributed by atoms with E-state index >= 15 is 0 Å². The number of rotatable bonds is 4. The summed E-state index contributed by atoms with van der Waals surface area (Å²) in [6.07, 6.45) is 3.40. The van der Waals surface area contributed by atoms with E-state index in [4.69, 9.17) is 11.6 Å². The van der Waals surface area contributed by atoms with Crippen LogP contribution in [0.3, 0.4) is 0 Å². The number of aromatic nitrogens is 2. The third-order valence-electron chi connectivity index (χ3n) is 4.77. The van der Waals surface area contributed by atoms with Crippen LogP contribution in [-0.4, -0.2) is 27.3 Å². The van der Waals surface area contributed by atoms with Gasteiger partial charge in [0.25, 0.3) is 0 Å². The monoisotopic (exact) mass is 432 g/mol. The normalized spacial score (nSPS) is 16.1. The minimum Gasteiger partial charge on any atom is -0.296 e. The summed E-state index contributed by atoms with van der Waals surface area (Å²) >= 11 is 9.82. The molecule has 0 spiro atoms. The first-order chi connectivity index (χ1) is 13.6. The van der Waals surface area contributed by atoms with Gasteiger partial charge in [-0.15, -0.1) is 23.5 Å². The maximum atomic E-state index is 15.0. The van der Waals surface area contributed by atoms with Crippen molar-refractivity contribution in [3.63, 3.8) is 0 Å². The second-order valence-electron chi connectivity index (χ2n) is 6.49. The van der Waals surface area contributed by atoms with Crippen molar-refractivity contribution in [1.29, 1.82) is 0 Å². The zero-order valence-electron chi connectivity index (χ0n) is 15.2. The van der Waals surface area contributed by atoms with E-state index in [9.17, 15) is 9.18 Å². The second-order valence-corrected chi connectivity index (χ2v) is 9.81. The number of thioether (sulfide) groups is 2. The van der Waals surface area contributed by atoms with E-state index in [1.807, 2.05) is 35.8 Å². The van der Waals surface area contributed by atoms with Gasteiger partial charge in [-0.2, -0.15) is 0 Å². The SMILES string of the molecule is Cc1ncc(C=O)n1-c1ccc(Cl)cc1C1(c2ccccc2F)SCCCS1. The van der Waals surface area contributed by atoms with Crippen LogP contribution in [0, 0.1) is 12.7 Å². The molecule has 3 nitrogen and oxygen atoms in total. The summed E-state index contributed by atoms with van der Waals surface area (Å²) in [4.78, 5) is 15.9. The number of nitrogens with zero attached hydrogens (tertiary/aromatic N) is 2. The summed E-state index contributed by atoms with van der Waals surface area (Å²) in [6, 6.07) is 12.5. The van der Waals surface area contributed by atoms with E-state index in [0.717, 1.165) is 35.5 Å². The van der Waals surface area contributed by atoms with E-state index in [-0.39, 0.29) is 5.82 Å². The van der Waals surface area contributed by atoms with Gasteiger partial charge in [-0.1, -0.05) is 29.8 Å². The highest BCUT2D eigenvalue weighted by Crippen LogP contribution is 2.57. The van der Waals surface area contributed by atoms with E-state index < -0.39 is 4.08 Å². The van der Waals surface area contributed by atoms with Gasteiger partial charge in [-0.05, 0) is 49.1 Å². The van der Waals surface area contributed by atoms with Gasteiger partial charge in [0.2, 0.25) is 0 Å². The van der Waals surface area contributed by atoms with Crippen molar-refractivity contribution in [2.75, 3.05) is 11.5 Å². The van der Waals surface area contributed by atoms with E-state index in [1.54, 1.807) is 41.9 Å². The molecule has 1 saturated heterocycles. The Morgan fingerprint density at radius 2 is 1.93 bits per heavy atom. The molecular weight excluding hydrogens is 415 g/mol. The van der Waals surface area contributed by atoms with Crippen molar-refractivity contribution in [3.05, 3.63) is 82.1 Å². The van der Waals surface area contributed by atoms with Crippen LogP contribution in [0.5, 0.6) is 0 Å². The van der Waals surface area contributed by atoms with Crippen LogP contribution in [0.15, 0.2) is 48.7 Å². The van der Waals surface area contributed by atoms with E-state index in [1.165, 1.54) is 6.07 Å². The first-order valence-electron chi connectivity index (χ1n) is 8.89. The van der Waals surface area contributed by atoms with Crippen LogP contribution in [0.2, 0.25) is 5.02 Å². The van der Waals surface area contributed by atoms with Crippen molar-refractivity contribution in [2.24, 2.45) is 0 Å². The molecule has 1 aliphatic rings. The minimum absolute atomic E-state index is 0.242. The smallest absolute Gasteiger partial charge is 0.168 e. The molecule has 0 atom stereocenters. The molecular formula is C21H18ClFN2OS2. The molecule has 1 fully saturated rings. The summed E-state index contributed by atoms with van der Waals surface area (Å²) in [5.74, 6) is 2.28. The maximum Gasteiger partial charge on any atom is 0.168 e. The summed E-state index contributed by atoms with van der Waals surface area (Å²) in [7, 11) is 0. The van der Waals surface area contributed by atoms with Gasteiger partial charge in [0.15, 0.2) is 6.29 Å². The van der Waals surface area contributed by atoms with Crippen LogP contribution >= 0.6 is 35.1 Å². The van der Waals surface area contributed by atoms with Crippen LogP contribution in [0.4, 0.5) is 4.39 Å². The minimum atomic E-state index is -0.652. The molecule has 7 heteroatoms. The van der Waals surface area contributed by atoms with Gasteiger partial charge < -0.3 is 0 Å². The molecule has 0 radical (unpaired) electrons. The number of carbonyl (C=O) groups excluding carboxylic acids is 1. The largest absolute Gasteiger partial charge is 0.296 e. The fourth-order valence-electron chi connectivity index (χ4n) is 3.54. The molecule has 1 aromatic heterocycles. The van der Waals surface area contributed by atoms with Gasteiger partial charge in [0, 0.05) is 16.1 Å². The standard InChI is InChI=1S/C21H18ClFN2OS2/c1-14-24-12-16(13-26)25(14)20-8-7-15(22)11-18(20)21(27-9-4-10-28-21)17-5-2-3-6-19(17)23/h2-3,5-8,11-13H,4,9-10H2,1H3. The Bertz CT molecular complexity index is 1030. The molecule has 0 saturated carbocycles. The summed E-state index contributed by atoms with van der Waals surface area (Å²) in [6.45, 7) is 1.85. The molecule has 0 unspecified atom stereocenters. The van der Waals surface area contributed by atoms with Gasteiger partial charge in [0.1, 0.15) is 21.4 Å². The van der Waals surface area contributed by atoms with Crippen LogP contribution in [-0.2, 0) is 4.08 Å². The van der Waals surface area contributed by atoms with Crippen LogP contribution in [0.1, 0.15) is 33.9 Å².